The zero-order valence-electron chi connectivity index (χ0n) is 11.2. The van der Waals surface area contributed by atoms with Crippen molar-refractivity contribution < 1.29 is 14.3 Å². The predicted octanol–water partition coefficient (Wildman–Crippen LogP) is 3.83. The van der Waals surface area contributed by atoms with E-state index in [0.717, 1.165) is 32.0 Å². The van der Waals surface area contributed by atoms with Crippen LogP contribution in [0.4, 0.5) is 0 Å². The van der Waals surface area contributed by atoms with E-state index in [-0.39, 0.29) is 6.79 Å². The molecular formula is C14H26O3. The van der Waals surface area contributed by atoms with Crippen LogP contribution >= 0.6 is 0 Å². The molecule has 0 spiro atoms. The minimum Gasteiger partial charge on any atom is -0.464 e. The zero-order chi connectivity index (χ0) is 12.8. The van der Waals surface area contributed by atoms with Crippen LogP contribution in [0.1, 0.15) is 58.8 Å². The van der Waals surface area contributed by atoms with E-state index in [1.54, 1.807) is 0 Å². The Labute approximate surface area is 105 Å². The van der Waals surface area contributed by atoms with Crippen LogP contribution in [-0.4, -0.2) is 19.7 Å². The second-order valence-corrected chi connectivity index (χ2v) is 4.10. The second kappa shape index (κ2) is 13.2. The Morgan fingerprint density at radius 3 is 2.47 bits per heavy atom. The zero-order valence-corrected chi connectivity index (χ0v) is 11.2. The Morgan fingerprint density at radius 1 is 1.06 bits per heavy atom. The summed E-state index contributed by atoms with van der Waals surface area (Å²) in [6, 6.07) is 0. The van der Waals surface area contributed by atoms with Crippen LogP contribution in [0.25, 0.3) is 0 Å². The maximum absolute atomic E-state index is 10.7. The van der Waals surface area contributed by atoms with Crippen molar-refractivity contribution in [1.82, 2.24) is 0 Å². The Balaban J connectivity index is 3.52. The standard InChI is InChI=1S/C14H26O3/c1-3-5-7-8-9-10-14(12-15)17-13-16-11-6-4-2/h10,12H,3-9,11,13H2,1-2H3. The topological polar surface area (TPSA) is 35.5 Å². The van der Waals surface area contributed by atoms with Crippen molar-refractivity contribution in [3.05, 3.63) is 11.8 Å². The van der Waals surface area contributed by atoms with Gasteiger partial charge in [-0.3, -0.25) is 4.79 Å². The summed E-state index contributed by atoms with van der Waals surface area (Å²) in [4.78, 5) is 10.7. The molecule has 0 aliphatic heterocycles. The van der Waals surface area contributed by atoms with Crippen LogP contribution in [0.3, 0.4) is 0 Å². The van der Waals surface area contributed by atoms with Crippen LogP contribution in [0.5, 0.6) is 0 Å². The molecule has 0 fully saturated rings. The van der Waals surface area contributed by atoms with E-state index in [1.807, 2.05) is 6.08 Å². The summed E-state index contributed by atoms with van der Waals surface area (Å²) in [5, 5.41) is 0. The number of carbonyl (C=O) groups excluding carboxylic acids is 1. The molecule has 0 amide bonds. The van der Waals surface area contributed by atoms with Gasteiger partial charge in [-0.05, 0) is 25.3 Å². The van der Waals surface area contributed by atoms with E-state index >= 15 is 0 Å². The van der Waals surface area contributed by atoms with Gasteiger partial charge in [-0.1, -0.05) is 39.5 Å². The second-order valence-electron chi connectivity index (χ2n) is 4.10. The van der Waals surface area contributed by atoms with E-state index in [9.17, 15) is 4.79 Å². The minimum atomic E-state index is 0.180. The minimum absolute atomic E-state index is 0.180. The summed E-state index contributed by atoms with van der Waals surface area (Å²) in [5.41, 5.74) is 0. The number of rotatable bonds is 12. The monoisotopic (exact) mass is 242 g/mol. The van der Waals surface area contributed by atoms with Gasteiger partial charge in [0.2, 0.25) is 0 Å². The first kappa shape index (κ1) is 16.2. The third-order valence-corrected chi connectivity index (χ3v) is 2.47. The van der Waals surface area contributed by atoms with E-state index in [0.29, 0.717) is 12.4 Å². The molecule has 0 saturated carbocycles. The summed E-state index contributed by atoms with van der Waals surface area (Å²) in [6.45, 7) is 5.17. The Morgan fingerprint density at radius 2 is 1.82 bits per heavy atom. The number of aldehydes is 1. The maximum Gasteiger partial charge on any atom is 0.189 e. The molecule has 0 aromatic rings. The molecule has 0 rings (SSSR count). The number of ether oxygens (including phenoxy) is 2. The number of hydrogen-bond acceptors (Lipinski definition) is 3. The fraction of sp³-hybridized carbons (Fsp3) is 0.786. The highest BCUT2D eigenvalue weighted by Gasteiger charge is 1.96. The first-order valence-electron chi connectivity index (χ1n) is 6.71. The van der Waals surface area contributed by atoms with Gasteiger partial charge in [0.1, 0.15) is 0 Å². The molecule has 100 valence electrons. The van der Waals surface area contributed by atoms with Gasteiger partial charge in [0.15, 0.2) is 18.8 Å². The SMILES string of the molecule is CCCCCCC=C(C=O)OCOCCCC. The van der Waals surface area contributed by atoms with Gasteiger partial charge < -0.3 is 9.47 Å². The lowest BCUT2D eigenvalue weighted by molar-refractivity contribution is -0.111. The van der Waals surface area contributed by atoms with Crippen molar-refractivity contribution in [2.45, 2.75) is 58.8 Å². The molecule has 0 aromatic heterocycles. The van der Waals surface area contributed by atoms with Crippen LogP contribution in [0, 0.1) is 0 Å². The molecule has 0 N–H and O–H groups in total. The lowest BCUT2D eigenvalue weighted by atomic mass is 10.1. The fourth-order valence-electron chi connectivity index (χ4n) is 1.37. The summed E-state index contributed by atoms with van der Waals surface area (Å²) < 4.78 is 10.4. The number of allylic oxidation sites excluding steroid dienone is 2. The molecule has 0 radical (unpaired) electrons. The Hall–Kier alpha value is -0.830. The molecule has 0 aliphatic rings. The summed E-state index contributed by atoms with van der Waals surface area (Å²) in [7, 11) is 0. The Bertz CT molecular complexity index is 200. The number of unbranched alkanes of at least 4 members (excludes halogenated alkanes) is 5. The first-order chi connectivity index (χ1) is 8.35. The van der Waals surface area contributed by atoms with Gasteiger partial charge >= 0.3 is 0 Å². The summed E-state index contributed by atoms with van der Waals surface area (Å²) >= 11 is 0. The van der Waals surface area contributed by atoms with Gasteiger partial charge in [0, 0.05) is 0 Å². The fourth-order valence-corrected chi connectivity index (χ4v) is 1.37. The highest BCUT2D eigenvalue weighted by atomic mass is 16.7. The molecule has 3 nitrogen and oxygen atoms in total. The molecule has 0 aromatic carbocycles. The largest absolute Gasteiger partial charge is 0.464 e. The lowest BCUT2D eigenvalue weighted by Gasteiger charge is -2.06. The molecule has 0 bridgehead atoms. The summed E-state index contributed by atoms with van der Waals surface area (Å²) in [5.74, 6) is 0.401. The van der Waals surface area contributed by atoms with E-state index in [2.05, 4.69) is 13.8 Å². The van der Waals surface area contributed by atoms with Gasteiger partial charge in [-0.25, -0.2) is 0 Å². The normalized spacial score (nSPS) is 11.5. The van der Waals surface area contributed by atoms with Gasteiger partial charge in [0.05, 0.1) is 6.61 Å². The molecule has 0 saturated heterocycles. The third-order valence-electron chi connectivity index (χ3n) is 2.47. The van der Waals surface area contributed by atoms with Gasteiger partial charge in [0.25, 0.3) is 0 Å². The predicted molar refractivity (Wildman–Crippen MR) is 69.7 cm³/mol. The van der Waals surface area contributed by atoms with Crippen molar-refractivity contribution in [3.63, 3.8) is 0 Å². The van der Waals surface area contributed by atoms with Crippen LogP contribution in [0.15, 0.2) is 11.8 Å². The maximum atomic E-state index is 10.7. The van der Waals surface area contributed by atoms with E-state index in [1.165, 1.54) is 19.3 Å². The van der Waals surface area contributed by atoms with Crippen LogP contribution < -0.4 is 0 Å². The van der Waals surface area contributed by atoms with Crippen molar-refractivity contribution in [2.75, 3.05) is 13.4 Å². The summed E-state index contributed by atoms with van der Waals surface area (Å²) in [6.07, 6.45) is 10.5. The highest BCUT2D eigenvalue weighted by molar-refractivity contribution is 5.69. The van der Waals surface area contributed by atoms with E-state index in [4.69, 9.17) is 9.47 Å². The van der Waals surface area contributed by atoms with E-state index < -0.39 is 0 Å². The lowest BCUT2D eigenvalue weighted by Crippen LogP contribution is -2.02. The average molecular weight is 242 g/mol. The molecule has 17 heavy (non-hydrogen) atoms. The van der Waals surface area contributed by atoms with Crippen molar-refractivity contribution >= 4 is 6.29 Å². The quantitative estimate of drug-likeness (QED) is 0.171. The number of hydrogen-bond donors (Lipinski definition) is 0. The van der Waals surface area contributed by atoms with Crippen molar-refractivity contribution in [2.24, 2.45) is 0 Å². The Kier molecular flexibility index (Phi) is 12.6. The molecule has 0 heterocycles. The molecule has 3 heteroatoms. The van der Waals surface area contributed by atoms with Crippen LogP contribution in [-0.2, 0) is 14.3 Å². The highest BCUT2D eigenvalue weighted by Crippen LogP contribution is 2.05. The molecule has 0 unspecified atom stereocenters. The van der Waals surface area contributed by atoms with Crippen molar-refractivity contribution in [3.8, 4) is 0 Å². The average Bonchev–Trinajstić information content (AvgIpc) is 2.36. The molecule has 0 aliphatic carbocycles. The van der Waals surface area contributed by atoms with Crippen molar-refractivity contribution in [1.29, 1.82) is 0 Å². The number of carbonyl (C=O) groups is 1. The first-order valence-corrected chi connectivity index (χ1v) is 6.71. The van der Waals surface area contributed by atoms with Gasteiger partial charge in [-0.2, -0.15) is 0 Å². The smallest absolute Gasteiger partial charge is 0.189 e. The molecule has 0 atom stereocenters. The van der Waals surface area contributed by atoms with Gasteiger partial charge in [-0.15, -0.1) is 0 Å². The molecular weight excluding hydrogens is 216 g/mol. The third kappa shape index (κ3) is 11.4. The van der Waals surface area contributed by atoms with Crippen LogP contribution in [0.2, 0.25) is 0 Å².